The van der Waals surface area contributed by atoms with Gasteiger partial charge in [0.2, 0.25) is 0 Å². The summed E-state index contributed by atoms with van der Waals surface area (Å²) in [6.07, 6.45) is 0.314. The minimum absolute atomic E-state index is 0.256. The van der Waals surface area contributed by atoms with Crippen LogP contribution in [0, 0.1) is 0 Å². The Morgan fingerprint density at radius 1 is 1.31 bits per heavy atom. The van der Waals surface area contributed by atoms with Gasteiger partial charge in [-0.15, -0.1) is 0 Å². The van der Waals surface area contributed by atoms with E-state index < -0.39 is 18.3 Å². The molecule has 1 aromatic rings. The molecular formula is C12H14F2O2. The first-order valence-electron chi connectivity index (χ1n) is 5.06. The average Bonchev–Trinajstić information content (AvgIpc) is 2.29. The van der Waals surface area contributed by atoms with Crippen LogP contribution in [-0.2, 0) is 16.0 Å². The SMILES string of the molecule is COC(=O)C(F)(F)CCCc1ccccc1. The summed E-state index contributed by atoms with van der Waals surface area (Å²) in [5.74, 6) is -4.83. The van der Waals surface area contributed by atoms with Crippen molar-refractivity contribution < 1.29 is 18.3 Å². The van der Waals surface area contributed by atoms with Crippen molar-refractivity contribution >= 4 is 5.97 Å². The quantitative estimate of drug-likeness (QED) is 0.724. The predicted octanol–water partition coefficient (Wildman–Crippen LogP) is 2.82. The van der Waals surface area contributed by atoms with Crippen LogP contribution in [0.2, 0.25) is 0 Å². The van der Waals surface area contributed by atoms with Gasteiger partial charge in [0.1, 0.15) is 0 Å². The standard InChI is InChI=1S/C12H14F2O2/c1-16-11(15)12(13,14)9-5-8-10-6-3-2-4-7-10/h2-4,6-7H,5,8-9H2,1H3. The number of methoxy groups -OCH3 is 1. The normalized spacial score (nSPS) is 11.2. The Morgan fingerprint density at radius 3 is 2.50 bits per heavy atom. The number of carbonyl (C=O) groups is 1. The Labute approximate surface area is 93.2 Å². The van der Waals surface area contributed by atoms with Crippen LogP contribution in [0.5, 0.6) is 0 Å². The van der Waals surface area contributed by atoms with Crippen LogP contribution in [0.15, 0.2) is 30.3 Å². The van der Waals surface area contributed by atoms with E-state index in [0.29, 0.717) is 6.42 Å². The molecule has 0 unspecified atom stereocenters. The fraction of sp³-hybridized carbons (Fsp3) is 0.417. The number of rotatable bonds is 5. The fourth-order valence-corrected chi connectivity index (χ4v) is 1.41. The maximum atomic E-state index is 13.0. The minimum atomic E-state index is -3.37. The first-order chi connectivity index (χ1) is 7.56. The highest BCUT2D eigenvalue weighted by Crippen LogP contribution is 2.22. The molecule has 4 heteroatoms. The minimum Gasteiger partial charge on any atom is -0.465 e. The number of halogens is 2. The number of benzene rings is 1. The van der Waals surface area contributed by atoms with Crippen LogP contribution in [-0.4, -0.2) is 19.0 Å². The van der Waals surface area contributed by atoms with Crippen LogP contribution < -0.4 is 0 Å². The molecule has 0 atom stereocenters. The van der Waals surface area contributed by atoms with Crippen molar-refractivity contribution in [3.63, 3.8) is 0 Å². The highest BCUT2D eigenvalue weighted by Gasteiger charge is 2.39. The lowest BCUT2D eigenvalue weighted by Crippen LogP contribution is -2.29. The molecule has 88 valence electrons. The van der Waals surface area contributed by atoms with Gasteiger partial charge in [0, 0.05) is 6.42 Å². The molecule has 16 heavy (non-hydrogen) atoms. The highest BCUT2D eigenvalue weighted by atomic mass is 19.3. The van der Waals surface area contributed by atoms with Gasteiger partial charge in [-0.05, 0) is 18.4 Å². The number of hydrogen-bond acceptors (Lipinski definition) is 2. The summed E-state index contributed by atoms with van der Waals surface area (Å²) in [4.78, 5) is 10.7. The second-order valence-corrected chi connectivity index (χ2v) is 3.54. The summed E-state index contributed by atoms with van der Waals surface area (Å²) >= 11 is 0. The predicted molar refractivity (Wildman–Crippen MR) is 56.3 cm³/mol. The molecule has 0 amide bonds. The van der Waals surface area contributed by atoms with Crippen molar-refractivity contribution in [2.45, 2.75) is 25.2 Å². The number of hydrogen-bond donors (Lipinski definition) is 0. The molecular weight excluding hydrogens is 214 g/mol. The van der Waals surface area contributed by atoms with Gasteiger partial charge in [-0.3, -0.25) is 0 Å². The second kappa shape index (κ2) is 5.58. The molecule has 0 N–H and O–H groups in total. The van der Waals surface area contributed by atoms with Gasteiger partial charge in [0.25, 0.3) is 0 Å². The molecule has 0 aliphatic rings. The zero-order valence-electron chi connectivity index (χ0n) is 9.08. The van der Waals surface area contributed by atoms with Gasteiger partial charge in [-0.2, -0.15) is 8.78 Å². The monoisotopic (exact) mass is 228 g/mol. The topological polar surface area (TPSA) is 26.3 Å². The Balaban J connectivity index is 2.38. The van der Waals surface area contributed by atoms with Gasteiger partial charge in [0.15, 0.2) is 0 Å². The zero-order valence-corrected chi connectivity index (χ0v) is 9.08. The third-order valence-corrected chi connectivity index (χ3v) is 2.28. The van der Waals surface area contributed by atoms with E-state index >= 15 is 0 Å². The molecule has 0 radical (unpaired) electrons. The van der Waals surface area contributed by atoms with E-state index in [1.165, 1.54) is 0 Å². The number of alkyl halides is 2. The van der Waals surface area contributed by atoms with E-state index in [-0.39, 0.29) is 6.42 Å². The molecule has 0 aromatic heterocycles. The number of esters is 1. The maximum absolute atomic E-state index is 13.0. The summed E-state index contributed by atoms with van der Waals surface area (Å²) in [7, 11) is 0.966. The molecule has 0 aliphatic carbocycles. The average molecular weight is 228 g/mol. The lowest BCUT2D eigenvalue weighted by Gasteiger charge is -2.12. The summed E-state index contributed by atoms with van der Waals surface area (Å²) in [6, 6.07) is 9.32. The molecule has 0 saturated carbocycles. The zero-order chi connectivity index (χ0) is 12.0. The summed E-state index contributed by atoms with van der Waals surface area (Å²) < 4.78 is 30.1. The molecule has 1 aromatic carbocycles. The molecule has 0 fully saturated rings. The molecule has 0 saturated heterocycles. The molecule has 0 bridgehead atoms. The first kappa shape index (κ1) is 12.6. The lowest BCUT2D eigenvalue weighted by atomic mass is 10.1. The summed E-state index contributed by atoms with van der Waals surface area (Å²) in [6.45, 7) is 0. The van der Waals surface area contributed by atoms with Crippen molar-refractivity contribution in [3.8, 4) is 0 Å². The summed E-state index contributed by atoms with van der Waals surface area (Å²) in [5, 5.41) is 0. The van der Waals surface area contributed by atoms with Gasteiger partial charge in [-0.1, -0.05) is 30.3 Å². The van der Waals surface area contributed by atoms with Crippen molar-refractivity contribution in [2.75, 3.05) is 7.11 Å². The molecule has 2 nitrogen and oxygen atoms in total. The number of ether oxygens (including phenoxy) is 1. The smallest absolute Gasteiger partial charge is 0.376 e. The Morgan fingerprint density at radius 2 is 1.94 bits per heavy atom. The highest BCUT2D eigenvalue weighted by molar-refractivity contribution is 5.77. The van der Waals surface area contributed by atoms with E-state index in [4.69, 9.17) is 0 Å². The van der Waals surface area contributed by atoms with Crippen LogP contribution >= 0.6 is 0 Å². The Kier molecular flexibility index (Phi) is 4.40. The van der Waals surface area contributed by atoms with Gasteiger partial charge >= 0.3 is 11.9 Å². The first-order valence-corrected chi connectivity index (χ1v) is 5.06. The van der Waals surface area contributed by atoms with Crippen LogP contribution in [0.1, 0.15) is 18.4 Å². The van der Waals surface area contributed by atoms with Gasteiger partial charge in [0.05, 0.1) is 7.11 Å². The third kappa shape index (κ3) is 3.61. The van der Waals surface area contributed by atoms with E-state index in [0.717, 1.165) is 12.7 Å². The third-order valence-electron chi connectivity index (χ3n) is 2.28. The molecule has 1 rings (SSSR count). The molecule has 0 aliphatic heterocycles. The van der Waals surface area contributed by atoms with Crippen molar-refractivity contribution in [1.82, 2.24) is 0 Å². The molecule has 0 heterocycles. The largest absolute Gasteiger partial charge is 0.465 e. The van der Waals surface area contributed by atoms with Crippen LogP contribution in [0.25, 0.3) is 0 Å². The van der Waals surface area contributed by atoms with Crippen LogP contribution in [0.4, 0.5) is 8.78 Å². The van der Waals surface area contributed by atoms with Crippen molar-refractivity contribution in [1.29, 1.82) is 0 Å². The van der Waals surface area contributed by atoms with E-state index in [9.17, 15) is 13.6 Å². The van der Waals surface area contributed by atoms with Gasteiger partial charge in [-0.25, -0.2) is 4.79 Å². The Hall–Kier alpha value is -1.45. The maximum Gasteiger partial charge on any atom is 0.376 e. The lowest BCUT2D eigenvalue weighted by molar-refractivity contribution is -0.169. The number of aryl methyl sites for hydroxylation is 1. The van der Waals surface area contributed by atoms with Crippen molar-refractivity contribution in [2.24, 2.45) is 0 Å². The van der Waals surface area contributed by atoms with Gasteiger partial charge < -0.3 is 4.74 Å². The summed E-state index contributed by atoms with van der Waals surface area (Å²) in [5.41, 5.74) is 0.989. The Bertz CT molecular complexity index is 336. The van der Waals surface area contributed by atoms with E-state index in [1.54, 1.807) is 0 Å². The second-order valence-electron chi connectivity index (χ2n) is 3.54. The van der Waals surface area contributed by atoms with Crippen molar-refractivity contribution in [3.05, 3.63) is 35.9 Å². The fourth-order valence-electron chi connectivity index (χ4n) is 1.41. The van der Waals surface area contributed by atoms with E-state index in [1.807, 2.05) is 30.3 Å². The van der Waals surface area contributed by atoms with Crippen LogP contribution in [0.3, 0.4) is 0 Å². The van der Waals surface area contributed by atoms with E-state index in [2.05, 4.69) is 4.74 Å². The number of carbonyl (C=O) groups excluding carboxylic acids is 1. The molecule has 0 spiro atoms.